The minimum absolute atomic E-state index is 0.607. The number of nitrogens with one attached hydrogen (secondary N) is 1. The van der Waals surface area contributed by atoms with Crippen molar-refractivity contribution in [3.63, 3.8) is 0 Å². The molecule has 0 bridgehead atoms. The molecule has 0 saturated heterocycles. The standard InChI is InChI=1S/C17H19Cl2NO/c1-3-8-20-11-14-9-12(4-6-15(14)18)13-5-7-17(21-2)16(19)10-13/h4-7,9-10,20H,3,8,11H2,1-2H3. The first-order chi connectivity index (χ1) is 10.2. The van der Waals surface area contributed by atoms with E-state index < -0.39 is 0 Å². The van der Waals surface area contributed by atoms with E-state index in [0.717, 1.165) is 41.2 Å². The molecule has 1 N–H and O–H groups in total. The Morgan fingerprint density at radius 3 is 2.38 bits per heavy atom. The Morgan fingerprint density at radius 1 is 1.00 bits per heavy atom. The van der Waals surface area contributed by atoms with E-state index in [1.807, 2.05) is 30.3 Å². The highest BCUT2D eigenvalue weighted by Gasteiger charge is 2.07. The summed E-state index contributed by atoms with van der Waals surface area (Å²) in [5.74, 6) is 0.680. The lowest BCUT2D eigenvalue weighted by Crippen LogP contribution is -2.14. The highest BCUT2D eigenvalue weighted by Crippen LogP contribution is 2.31. The van der Waals surface area contributed by atoms with E-state index in [2.05, 4.69) is 18.3 Å². The normalized spacial score (nSPS) is 10.7. The smallest absolute Gasteiger partial charge is 0.137 e. The van der Waals surface area contributed by atoms with Crippen molar-refractivity contribution in [1.82, 2.24) is 5.32 Å². The Labute approximate surface area is 136 Å². The van der Waals surface area contributed by atoms with Gasteiger partial charge in [-0.2, -0.15) is 0 Å². The number of rotatable bonds is 6. The van der Waals surface area contributed by atoms with Gasteiger partial charge in [-0.3, -0.25) is 0 Å². The molecule has 2 nitrogen and oxygen atoms in total. The SMILES string of the molecule is CCCNCc1cc(-c2ccc(OC)c(Cl)c2)ccc1Cl. The van der Waals surface area contributed by atoms with Crippen LogP contribution in [-0.4, -0.2) is 13.7 Å². The van der Waals surface area contributed by atoms with Crippen LogP contribution in [0.5, 0.6) is 5.75 Å². The molecule has 0 saturated carbocycles. The van der Waals surface area contributed by atoms with Crippen LogP contribution in [0.4, 0.5) is 0 Å². The molecule has 0 spiro atoms. The predicted molar refractivity (Wildman–Crippen MR) is 90.4 cm³/mol. The van der Waals surface area contributed by atoms with Gasteiger partial charge in [-0.1, -0.05) is 42.3 Å². The number of hydrogen-bond acceptors (Lipinski definition) is 2. The summed E-state index contributed by atoms with van der Waals surface area (Å²) in [7, 11) is 1.61. The van der Waals surface area contributed by atoms with Crippen molar-refractivity contribution in [3.8, 4) is 16.9 Å². The molecule has 4 heteroatoms. The minimum Gasteiger partial charge on any atom is -0.495 e. The molecule has 0 aliphatic heterocycles. The average Bonchev–Trinajstić information content (AvgIpc) is 2.49. The van der Waals surface area contributed by atoms with Gasteiger partial charge in [0.15, 0.2) is 0 Å². The summed E-state index contributed by atoms with van der Waals surface area (Å²) in [4.78, 5) is 0. The third-order valence-corrected chi connectivity index (χ3v) is 3.94. The van der Waals surface area contributed by atoms with Crippen LogP contribution in [0.15, 0.2) is 36.4 Å². The third-order valence-electron chi connectivity index (χ3n) is 3.27. The molecule has 2 rings (SSSR count). The van der Waals surface area contributed by atoms with E-state index in [9.17, 15) is 0 Å². The summed E-state index contributed by atoms with van der Waals surface area (Å²) in [5.41, 5.74) is 3.24. The molecule has 0 atom stereocenters. The summed E-state index contributed by atoms with van der Waals surface area (Å²) in [6, 6.07) is 11.8. The Kier molecular flexibility index (Phi) is 5.92. The highest BCUT2D eigenvalue weighted by atomic mass is 35.5. The Bertz CT molecular complexity index is 614. The van der Waals surface area contributed by atoms with E-state index in [4.69, 9.17) is 27.9 Å². The number of halogens is 2. The van der Waals surface area contributed by atoms with E-state index in [-0.39, 0.29) is 0 Å². The van der Waals surface area contributed by atoms with Crippen LogP contribution in [-0.2, 0) is 6.54 Å². The number of methoxy groups -OCH3 is 1. The van der Waals surface area contributed by atoms with Crippen molar-refractivity contribution in [1.29, 1.82) is 0 Å². The molecule has 0 aliphatic carbocycles. The summed E-state index contributed by atoms with van der Waals surface area (Å²) >= 11 is 12.4. The van der Waals surface area contributed by atoms with Gasteiger partial charge in [0.2, 0.25) is 0 Å². The van der Waals surface area contributed by atoms with Gasteiger partial charge in [-0.05, 0) is 53.9 Å². The molecule has 0 heterocycles. The van der Waals surface area contributed by atoms with Gasteiger partial charge in [0.25, 0.3) is 0 Å². The van der Waals surface area contributed by atoms with Crippen LogP contribution in [0, 0.1) is 0 Å². The molecular formula is C17H19Cl2NO. The number of hydrogen-bond donors (Lipinski definition) is 1. The Hall–Kier alpha value is -1.22. The van der Waals surface area contributed by atoms with Crippen molar-refractivity contribution < 1.29 is 4.74 Å². The second kappa shape index (κ2) is 7.69. The maximum absolute atomic E-state index is 6.26. The van der Waals surface area contributed by atoms with Crippen LogP contribution in [0.1, 0.15) is 18.9 Å². The molecule has 0 radical (unpaired) electrons. The van der Waals surface area contributed by atoms with Crippen LogP contribution >= 0.6 is 23.2 Å². The van der Waals surface area contributed by atoms with Crippen molar-refractivity contribution in [2.45, 2.75) is 19.9 Å². The molecule has 2 aromatic carbocycles. The van der Waals surface area contributed by atoms with E-state index in [1.165, 1.54) is 0 Å². The largest absolute Gasteiger partial charge is 0.495 e. The lowest BCUT2D eigenvalue weighted by atomic mass is 10.0. The van der Waals surface area contributed by atoms with Crippen molar-refractivity contribution in [2.24, 2.45) is 0 Å². The highest BCUT2D eigenvalue weighted by molar-refractivity contribution is 6.32. The zero-order valence-corrected chi connectivity index (χ0v) is 13.8. The Morgan fingerprint density at radius 2 is 1.71 bits per heavy atom. The fourth-order valence-corrected chi connectivity index (χ4v) is 2.58. The maximum atomic E-state index is 6.26. The van der Waals surface area contributed by atoms with Gasteiger partial charge in [0, 0.05) is 11.6 Å². The first kappa shape index (κ1) is 16.2. The van der Waals surface area contributed by atoms with E-state index in [0.29, 0.717) is 10.8 Å². The Balaban J connectivity index is 2.27. The van der Waals surface area contributed by atoms with Gasteiger partial charge < -0.3 is 10.1 Å². The van der Waals surface area contributed by atoms with Crippen LogP contribution in [0.2, 0.25) is 10.0 Å². The quantitative estimate of drug-likeness (QED) is 0.740. The van der Waals surface area contributed by atoms with Gasteiger partial charge in [0.1, 0.15) is 5.75 Å². The molecule has 2 aromatic rings. The number of ether oxygens (including phenoxy) is 1. The van der Waals surface area contributed by atoms with Crippen molar-refractivity contribution >= 4 is 23.2 Å². The molecule has 0 aliphatic rings. The monoisotopic (exact) mass is 323 g/mol. The molecule has 0 unspecified atom stereocenters. The maximum Gasteiger partial charge on any atom is 0.137 e. The van der Waals surface area contributed by atoms with Gasteiger partial charge >= 0.3 is 0 Å². The summed E-state index contributed by atoms with van der Waals surface area (Å²) < 4.78 is 5.18. The molecular weight excluding hydrogens is 305 g/mol. The molecule has 0 amide bonds. The summed E-state index contributed by atoms with van der Waals surface area (Å²) in [6.45, 7) is 3.89. The van der Waals surface area contributed by atoms with Crippen molar-refractivity contribution in [3.05, 3.63) is 52.0 Å². The molecule has 0 fully saturated rings. The van der Waals surface area contributed by atoms with E-state index in [1.54, 1.807) is 7.11 Å². The van der Waals surface area contributed by atoms with Crippen LogP contribution in [0.25, 0.3) is 11.1 Å². The van der Waals surface area contributed by atoms with E-state index >= 15 is 0 Å². The lowest BCUT2D eigenvalue weighted by Gasteiger charge is -2.10. The minimum atomic E-state index is 0.607. The molecule has 0 aromatic heterocycles. The topological polar surface area (TPSA) is 21.3 Å². The van der Waals surface area contributed by atoms with Crippen LogP contribution in [0.3, 0.4) is 0 Å². The molecule has 112 valence electrons. The molecule has 21 heavy (non-hydrogen) atoms. The lowest BCUT2D eigenvalue weighted by molar-refractivity contribution is 0.415. The zero-order chi connectivity index (χ0) is 15.2. The average molecular weight is 324 g/mol. The summed E-state index contributed by atoms with van der Waals surface area (Å²) in [6.07, 6.45) is 1.10. The fraction of sp³-hybridized carbons (Fsp3) is 0.294. The number of benzene rings is 2. The predicted octanol–water partition coefficient (Wildman–Crippen LogP) is 5.17. The summed E-state index contributed by atoms with van der Waals surface area (Å²) in [5, 5.41) is 4.76. The second-order valence-corrected chi connectivity index (χ2v) is 5.65. The zero-order valence-electron chi connectivity index (χ0n) is 12.2. The second-order valence-electron chi connectivity index (χ2n) is 4.83. The van der Waals surface area contributed by atoms with Crippen LogP contribution < -0.4 is 10.1 Å². The van der Waals surface area contributed by atoms with Gasteiger partial charge in [-0.15, -0.1) is 0 Å². The third kappa shape index (κ3) is 4.13. The first-order valence-electron chi connectivity index (χ1n) is 6.98. The fourth-order valence-electron chi connectivity index (χ4n) is 2.14. The van der Waals surface area contributed by atoms with Crippen molar-refractivity contribution in [2.75, 3.05) is 13.7 Å². The van der Waals surface area contributed by atoms with Gasteiger partial charge in [-0.25, -0.2) is 0 Å². The van der Waals surface area contributed by atoms with Gasteiger partial charge in [0.05, 0.1) is 12.1 Å². The first-order valence-corrected chi connectivity index (χ1v) is 7.74.